The molecule has 0 amide bonds. The number of rotatable bonds is 3. The van der Waals surface area contributed by atoms with Crippen molar-refractivity contribution in [1.29, 1.82) is 0 Å². The van der Waals surface area contributed by atoms with Crippen LogP contribution in [0.15, 0.2) is 18.2 Å². The monoisotopic (exact) mass is 248 g/mol. The zero-order chi connectivity index (χ0) is 13.3. The maximum atomic E-state index is 13.6. The van der Waals surface area contributed by atoms with Crippen LogP contribution in [0.1, 0.15) is 21.6 Å². The predicted octanol–water partition coefficient (Wildman–Crippen LogP) is 2.78. The fourth-order valence-electron chi connectivity index (χ4n) is 1.70. The van der Waals surface area contributed by atoms with Crippen LogP contribution in [0.4, 0.5) is 4.39 Å². The zero-order valence-corrected chi connectivity index (χ0v) is 10.4. The van der Waals surface area contributed by atoms with Crippen molar-refractivity contribution >= 4 is 6.29 Å². The topological polar surface area (TPSA) is 44.1 Å². The molecule has 5 heteroatoms. The molecule has 1 aromatic heterocycles. The summed E-state index contributed by atoms with van der Waals surface area (Å²) in [4.78, 5) is 11.0. The van der Waals surface area contributed by atoms with E-state index in [4.69, 9.17) is 4.74 Å². The molecule has 2 rings (SSSR count). The Morgan fingerprint density at radius 1 is 1.39 bits per heavy atom. The minimum Gasteiger partial charge on any atom is -0.435 e. The minimum absolute atomic E-state index is 0.0844. The molecule has 0 N–H and O–H groups in total. The third-order valence-corrected chi connectivity index (χ3v) is 2.63. The quantitative estimate of drug-likeness (QED) is 0.784. The lowest BCUT2D eigenvalue weighted by Gasteiger charge is -2.08. The van der Waals surface area contributed by atoms with E-state index in [1.54, 1.807) is 26.1 Å². The molecule has 0 bridgehead atoms. The van der Waals surface area contributed by atoms with Crippen molar-refractivity contribution in [3.05, 3.63) is 40.8 Å². The van der Waals surface area contributed by atoms with Crippen LogP contribution < -0.4 is 4.74 Å². The summed E-state index contributed by atoms with van der Waals surface area (Å²) in [5, 5.41) is 4.07. The molecule has 4 nitrogen and oxygen atoms in total. The lowest BCUT2D eigenvalue weighted by molar-refractivity contribution is 0.112. The molecule has 1 heterocycles. The van der Waals surface area contributed by atoms with Crippen molar-refractivity contribution in [1.82, 2.24) is 9.78 Å². The Balaban J connectivity index is 2.45. The average molecular weight is 248 g/mol. The third-order valence-electron chi connectivity index (χ3n) is 2.63. The van der Waals surface area contributed by atoms with Gasteiger partial charge in [0.2, 0.25) is 5.88 Å². The molecule has 0 spiro atoms. The second kappa shape index (κ2) is 4.60. The van der Waals surface area contributed by atoms with E-state index in [-0.39, 0.29) is 11.6 Å². The van der Waals surface area contributed by atoms with Gasteiger partial charge in [-0.15, -0.1) is 0 Å². The first-order valence-electron chi connectivity index (χ1n) is 5.45. The van der Waals surface area contributed by atoms with Crippen LogP contribution in [0, 0.1) is 19.7 Å². The lowest BCUT2D eigenvalue weighted by atomic mass is 10.2. The Bertz CT molecular complexity index is 605. The third kappa shape index (κ3) is 2.11. The number of aromatic nitrogens is 2. The summed E-state index contributed by atoms with van der Waals surface area (Å²) < 4.78 is 20.5. The highest BCUT2D eigenvalue weighted by atomic mass is 19.1. The Morgan fingerprint density at radius 3 is 2.78 bits per heavy atom. The number of carbonyl (C=O) groups is 1. The molecular formula is C13H13FN2O2. The van der Waals surface area contributed by atoms with E-state index in [1.807, 2.05) is 6.92 Å². The van der Waals surface area contributed by atoms with Gasteiger partial charge in [-0.05, 0) is 31.5 Å². The van der Waals surface area contributed by atoms with E-state index in [2.05, 4.69) is 5.10 Å². The summed E-state index contributed by atoms with van der Waals surface area (Å²) in [5.74, 6) is -0.149. The van der Waals surface area contributed by atoms with E-state index >= 15 is 0 Å². The highest BCUT2D eigenvalue weighted by Crippen LogP contribution is 2.28. The molecular weight excluding hydrogens is 235 g/mol. The van der Waals surface area contributed by atoms with E-state index < -0.39 is 5.82 Å². The van der Waals surface area contributed by atoms with Gasteiger partial charge in [-0.25, -0.2) is 9.07 Å². The Labute approximate surface area is 104 Å². The van der Waals surface area contributed by atoms with Gasteiger partial charge in [0.25, 0.3) is 0 Å². The summed E-state index contributed by atoms with van der Waals surface area (Å²) in [6.07, 6.45) is 0.658. The number of aldehydes is 1. The van der Waals surface area contributed by atoms with Gasteiger partial charge in [0.05, 0.1) is 11.3 Å². The van der Waals surface area contributed by atoms with Crippen LogP contribution in [0.3, 0.4) is 0 Å². The van der Waals surface area contributed by atoms with Crippen LogP contribution in [0.2, 0.25) is 0 Å². The largest absolute Gasteiger partial charge is 0.435 e. The number of nitrogens with zero attached hydrogens (tertiary/aromatic N) is 2. The van der Waals surface area contributed by atoms with Crippen LogP contribution in [-0.4, -0.2) is 16.1 Å². The molecule has 0 aliphatic heterocycles. The number of hydrogen-bond acceptors (Lipinski definition) is 3. The smallest absolute Gasteiger partial charge is 0.228 e. The van der Waals surface area contributed by atoms with Gasteiger partial charge < -0.3 is 4.74 Å². The average Bonchev–Trinajstić information content (AvgIpc) is 2.58. The standard InChI is InChI=1S/C13H13FN2O2/c1-8-4-5-11(14)12(6-8)18-13-10(7-17)9(2)15-16(13)3/h4-7H,1-3H3. The molecule has 0 saturated heterocycles. The molecule has 0 atom stereocenters. The number of halogens is 1. The SMILES string of the molecule is Cc1ccc(F)c(Oc2c(C=O)c(C)nn2C)c1. The van der Waals surface area contributed by atoms with Crippen LogP contribution in [0.5, 0.6) is 11.6 Å². The van der Waals surface area contributed by atoms with Crippen molar-refractivity contribution in [2.45, 2.75) is 13.8 Å². The number of hydrogen-bond donors (Lipinski definition) is 0. The maximum Gasteiger partial charge on any atom is 0.228 e. The number of ether oxygens (including phenoxy) is 1. The van der Waals surface area contributed by atoms with E-state index in [0.29, 0.717) is 17.5 Å². The molecule has 1 aromatic carbocycles. The Kier molecular flexibility index (Phi) is 3.14. The van der Waals surface area contributed by atoms with E-state index in [1.165, 1.54) is 10.7 Å². The van der Waals surface area contributed by atoms with Gasteiger partial charge in [0, 0.05) is 7.05 Å². The fraction of sp³-hybridized carbons (Fsp3) is 0.231. The lowest BCUT2D eigenvalue weighted by Crippen LogP contribution is -1.98. The minimum atomic E-state index is -0.476. The molecule has 0 aliphatic rings. The van der Waals surface area contributed by atoms with Gasteiger partial charge in [-0.3, -0.25) is 4.79 Å². The van der Waals surface area contributed by atoms with Gasteiger partial charge in [-0.1, -0.05) is 6.07 Å². The van der Waals surface area contributed by atoms with Crippen molar-refractivity contribution in [3.8, 4) is 11.6 Å². The molecule has 0 saturated carbocycles. The fourth-order valence-corrected chi connectivity index (χ4v) is 1.70. The van der Waals surface area contributed by atoms with Gasteiger partial charge >= 0.3 is 0 Å². The summed E-state index contributed by atoms with van der Waals surface area (Å²) in [7, 11) is 1.64. The van der Waals surface area contributed by atoms with Crippen molar-refractivity contribution in [2.75, 3.05) is 0 Å². The predicted molar refractivity (Wildman–Crippen MR) is 64.5 cm³/mol. The molecule has 0 aliphatic carbocycles. The molecule has 18 heavy (non-hydrogen) atoms. The van der Waals surface area contributed by atoms with Gasteiger partial charge in [0.15, 0.2) is 17.9 Å². The van der Waals surface area contributed by atoms with Crippen molar-refractivity contribution < 1.29 is 13.9 Å². The highest BCUT2D eigenvalue weighted by molar-refractivity contribution is 5.80. The van der Waals surface area contributed by atoms with Gasteiger partial charge in [0.1, 0.15) is 0 Å². The number of carbonyl (C=O) groups excluding carboxylic acids is 1. The van der Waals surface area contributed by atoms with Crippen LogP contribution in [0.25, 0.3) is 0 Å². The Hall–Kier alpha value is -2.17. The summed E-state index contributed by atoms with van der Waals surface area (Å²) in [5.41, 5.74) is 1.76. The van der Waals surface area contributed by atoms with E-state index in [0.717, 1.165) is 5.56 Å². The zero-order valence-electron chi connectivity index (χ0n) is 10.4. The van der Waals surface area contributed by atoms with Crippen LogP contribution >= 0.6 is 0 Å². The van der Waals surface area contributed by atoms with Crippen molar-refractivity contribution in [3.63, 3.8) is 0 Å². The van der Waals surface area contributed by atoms with Gasteiger partial charge in [-0.2, -0.15) is 5.10 Å². The highest BCUT2D eigenvalue weighted by Gasteiger charge is 2.16. The first-order chi connectivity index (χ1) is 8.52. The molecule has 94 valence electrons. The first-order valence-corrected chi connectivity index (χ1v) is 5.45. The first kappa shape index (κ1) is 12.3. The maximum absolute atomic E-state index is 13.6. The van der Waals surface area contributed by atoms with Crippen molar-refractivity contribution in [2.24, 2.45) is 7.05 Å². The number of aryl methyl sites for hydroxylation is 3. The summed E-state index contributed by atoms with van der Waals surface area (Å²) in [6.45, 7) is 3.53. The Morgan fingerprint density at radius 2 is 2.11 bits per heavy atom. The normalized spacial score (nSPS) is 10.4. The second-order valence-corrected chi connectivity index (χ2v) is 4.08. The summed E-state index contributed by atoms with van der Waals surface area (Å²) >= 11 is 0. The summed E-state index contributed by atoms with van der Waals surface area (Å²) in [6, 6.07) is 4.55. The molecule has 0 radical (unpaired) electrons. The van der Waals surface area contributed by atoms with Crippen LogP contribution in [-0.2, 0) is 7.05 Å². The second-order valence-electron chi connectivity index (χ2n) is 4.08. The molecule has 0 fully saturated rings. The number of benzene rings is 1. The molecule has 0 unspecified atom stereocenters. The van der Waals surface area contributed by atoms with E-state index in [9.17, 15) is 9.18 Å². The molecule has 2 aromatic rings.